The third-order valence-corrected chi connectivity index (χ3v) is 6.28. The van der Waals surface area contributed by atoms with Crippen LogP contribution in [0, 0.1) is 0 Å². The van der Waals surface area contributed by atoms with Crippen molar-refractivity contribution in [1.82, 2.24) is 14.5 Å². The summed E-state index contributed by atoms with van der Waals surface area (Å²) in [5, 5.41) is 3.52. The van der Waals surface area contributed by atoms with Crippen molar-refractivity contribution in [3.8, 4) is 0 Å². The van der Waals surface area contributed by atoms with E-state index in [0.717, 1.165) is 16.9 Å². The average molecular weight is 460 g/mol. The van der Waals surface area contributed by atoms with Crippen molar-refractivity contribution >= 4 is 39.9 Å². The summed E-state index contributed by atoms with van der Waals surface area (Å²) in [7, 11) is 3.93. The van der Waals surface area contributed by atoms with Crippen LogP contribution in [0.4, 0.5) is 11.4 Å². The molecule has 4 aromatic rings. The number of para-hydroxylation sites is 1. The normalized spacial score (nSPS) is 11.8. The number of aromatic nitrogens is 3. The van der Waals surface area contributed by atoms with Crippen LogP contribution in [0.15, 0.2) is 83.0 Å². The van der Waals surface area contributed by atoms with E-state index >= 15 is 0 Å². The van der Waals surface area contributed by atoms with Gasteiger partial charge in [-0.1, -0.05) is 30.0 Å². The van der Waals surface area contributed by atoms with Crippen molar-refractivity contribution < 1.29 is 4.79 Å². The smallest absolute Gasteiger partial charge is 0.262 e. The highest BCUT2D eigenvalue weighted by atomic mass is 32.2. The maximum atomic E-state index is 13.3. The third-order valence-electron chi connectivity index (χ3n) is 5.19. The first-order valence-electron chi connectivity index (χ1n) is 10.6. The van der Waals surface area contributed by atoms with E-state index in [4.69, 9.17) is 4.98 Å². The van der Waals surface area contributed by atoms with Crippen LogP contribution in [0.2, 0.25) is 0 Å². The predicted molar refractivity (Wildman–Crippen MR) is 134 cm³/mol. The Balaban J connectivity index is 1.60. The number of nitrogens with zero attached hydrogens (tertiary/aromatic N) is 4. The second-order valence-electron chi connectivity index (χ2n) is 7.85. The van der Waals surface area contributed by atoms with E-state index < -0.39 is 5.25 Å². The van der Waals surface area contributed by atoms with Gasteiger partial charge in [0.05, 0.1) is 22.7 Å². The monoisotopic (exact) mass is 459 g/mol. The van der Waals surface area contributed by atoms with Crippen molar-refractivity contribution in [2.75, 3.05) is 24.3 Å². The minimum atomic E-state index is -0.466. The topological polar surface area (TPSA) is 80.1 Å². The SMILES string of the molecule is CC(Sc1nc2ccccc2c(=O)n1Cc1cccnc1)C(=O)Nc1ccc(N(C)C)cc1. The highest BCUT2D eigenvalue weighted by Crippen LogP contribution is 2.25. The van der Waals surface area contributed by atoms with E-state index in [-0.39, 0.29) is 11.5 Å². The van der Waals surface area contributed by atoms with Crippen LogP contribution in [0.25, 0.3) is 10.9 Å². The molecule has 1 atom stereocenters. The quantitative estimate of drug-likeness (QED) is 0.332. The lowest BCUT2D eigenvalue weighted by Crippen LogP contribution is -2.27. The minimum absolute atomic E-state index is 0.140. The maximum Gasteiger partial charge on any atom is 0.262 e. The molecule has 7 nitrogen and oxygen atoms in total. The molecule has 0 aliphatic carbocycles. The lowest BCUT2D eigenvalue weighted by molar-refractivity contribution is -0.115. The summed E-state index contributed by atoms with van der Waals surface area (Å²) >= 11 is 1.27. The van der Waals surface area contributed by atoms with E-state index in [9.17, 15) is 9.59 Å². The molecule has 168 valence electrons. The lowest BCUT2D eigenvalue weighted by atomic mass is 10.2. The van der Waals surface area contributed by atoms with E-state index in [0.29, 0.717) is 22.6 Å². The van der Waals surface area contributed by atoms with Crippen molar-refractivity contribution in [3.63, 3.8) is 0 Å². The summed E-state index contributed by atoms with van der Waals surface area (Å²) in [5.41, 5.74) is 3.13. The molecule has 0 aliphatic rings. The molecule has 0 radical (unpaired) electrons. The van der Waals surface area contributed by atoms with E-state index in [1.54, 1.807) is 23.0 Å². The second kappa shape index (κ2) is 9.87. The van der Waals surface area contributed by atoms with Crippen molar-refractivity contribution in [2.24, 2.45) is 0 Å². The molecular weight excluding hydrogens is 434 g/mol. The maximum absolute atomic E-state index is 13.3. The van der Waals surface area contributed by atoms with Gasteiger partial charge in [0.25, 0.3) is 5.56 Å². The van der Waals surface area contributed by atoms with Gasteiger partial charge in [-0.15, -0.1) is 0 Å². The molecule has 1 amide bonds. The first kappa shape index (κ1) is 22.5. The molecule has 0 bridgehead atoms. The number of anilines is 2. The number of rotatable bonds is 7. The molecule has 0 saturated carbocycles. The molecule has 0 aliphatic heterocycles. The van der Waals surface area contributed by atoms with Crippen LogP contribution in [0.3, 0.4) is 0 Å². The first-order chi connectivity index (χ1) is 15.9. The molecule has 2 aromatic heterocycles. The molecule has 0 spiro atoms. The van der Waals surface area contributed by atoms with E-state index in [1.807, 2.05) is 80.5 Å². The largest absolute Gasteiger partial charge is 0.378 e. The average Bonchev–Trinajstić information content (AvgIpc) is 2.82. The molecule has 0 fully saturated rings. The van der Waals surface area contributed by atoms with Gasteiger partial charge in [0.1, 0.15) is 0 Å². The summed E-state index contributed by atoms with van der Waals surface area (Å²) < 4.78 is 1.61. The molecule has 33 heavy (non-hydrogen) atoms. The van der Waals surface area contributed by atoms with Gasteiger partial charge >= 0.3 is 0 Å². The number of nitrogens with one attached hydrogen (secondary N) is 1. The number of hydrogen-bond donors (Lipinski definition) is 1. The first-order valence-corrected chi connectivity index (χ1v) is 11.4. The van der Waals surface area contributed by atoms with Gasteiger partial charge < -0.3 is 10.2 Å². The van der Waals surface area contributed by atoms with Gasteiger partial charge in [-0.2, -0.15) is 0 Å². The Morgan fingerprint density at radius 1 is 1.09 bits per heavy atom. The molecule has 1 unspecified atom stereocenters. The van der Waals surface area contributed by atoms with E-state index in [2.05, 4.69) is 10.3 Å². The number of amides is 1. The molecule has 1 N–H and O–H groups in total. The Kier molecular flexibility index (Phi) is 6.74. The summed E-state index contributed by atoms with van der Waals surface area (Å²) in [5.74, 6) is -0.159. The van der Waals surface area contributed by atoms with Crippen molar-refractivity contribution in [2.45, 2.75) is 23.9 Å². The van der Waals surface area contributed by atoms with E-state index in [1.165, 1.54) is 11.8 Å². The zero-order valence-corrected chi connectivity index (χ0v) is 19.5. The van der Waals surface area contributed by atoms with Gasteiger partial charge in [0.15, 0.2) is 5.16 Å². The lowest BCUT2D eigenvalue weighted by Gasteiger charge is -2.17. The molecule has 2 aromatic carbocycles. The van der Waals surface area contributed by atoms with Gasteiger partial charge in [0, 0.05) is 37.9 Å². The highest BCUT2D eigenvalue weighted by Gasteiger charge is 2.20. The van der Waals surface area contributed by atoms with Crippen LogP contribution < -0.4 is 15.8 Å². The van der Waals surface area contributed by atoms with Crippen LogP contribution in [-0.2, 0) is 11.3 Å². The number of carbonyl (C=O) groups excluding carboxylic acids is 1. The third kappa shape index (κ3) is 5.23. The summed E-state index contributed by atoms with van der Waals surface area (Å²) in [6, 6.07) is 18.6. The molecule has 0 saturated heterocycles. The van der Waals surface area contributed by atoms with Crippen LogP contribution in [-0.4, -0.2) is 39.8 Å². The number of carbonyl (C=O) groups is 1. The standard InChI is InChI=1S/C25H25N5O2S/c1-17(23(31)27-19-10-12-20(13-11-19)29(2)3)33-25-28-22-9-5-4-8-21(22)24(32)30(25)16-18-7-6-14-26-15-18/h4-15,17H,16H2,1-3H3,(H,27,31). The molecule has 4 rings (SSSR count). The number of fused-ring (bicyclic) bond motifs is 1. The molecule has 2 heterocycles. The fourth-order valence-corrected chi connectivity index (χ4v) is 4.26. The van der Waals surface area contributed by atoms with Crippen LogP contribution in [0.1, 0.15) is 12.5 Å². The summed E-state index contributed by atoms with van der Waals surface area (Å²) in [6.45, 7) is 2.14. The molecular formula is C25H25N5O2S. The Morgan fingerprint density at radius 3 is 2.55 bits per heavy atom. The van der Waals surface area contributed by atoms with Gasteiger partial charge in [-0.05, 0) is 55.0 Å². The number of pyridine rings is 1. The summed E-state index contributed by atoms with van der Waals surface area (Å²) in [4.78, 5) is 37.0. The Hall–Kier alpha value is -3.65. The Morgan fingerprint density at radius 2 is 1.85 bits per heavy atom. The van der Waals surface area contributed by atoms with Gasteiger partial charge in [-0.3, -0.25) is 19.1 Å². The van der Waals surface area contributed by atoms with Crippen molar-refractivity contribution in [1.29, 1.82) is 0 Å². The zero-order chi connectivity index (χ0) is 23.4. The van der Waals surface area contributed by atoms with Crippen LogP contribution >= 0.6 is 11.8 Å². The number of benzene rings is 2. The fraction of sp³-hybridized carbons (Fsp3) is 0.200. The number of hydrogen-bond acceptors (Lipinski definition) is 6. The fourth-order valence-electron chi connectivity index (χ4n) is 3.35. The zero-order valence-electron chi connectivity index (χ0n) is 18.7. The van der Waals surface area contributed by atoms with Gasteiger partial charge in [0.2, 0.25) is 5.91 Å². The minimum Gasteiger partial charge on any atom is -0.378 e. The molecule has 8 heteroatoms. The Labute approximate surface area is 196 Å². The second-order valence-corrected chi connectivity index (χ2v) is 9.16. The number of thioether (sulfide) groups is 1. The Bertz CT molecular complexity index is 1320. The highest BCUT2D eigenvalue weighted by molar-refractivity contribution is 8.00. The predicted octanol–water partition coefficient (Wildman–Crippen LogP) is 4.03. The van der Waals surface area contributed by atoms with Crippen molar-refractivity contribution in [3.05, 3.63) is 89.0 Å². The summed E-state index contributed by atoms with van der Waals surface area (Å²) in [6.07, 6.45) is 3.42. The van der Waals surface area contributed by atoms with Gasteiger partial charge in [-0.25, -0.2) is 4.98 Å². The van der Waals surface area contributed by atoms with Crippen LogP contribution in [0.5, 0.6) is 0 Å².